The fourth-order valence-electron chi connectivity index (χ4n) is 1.82. The lowest BCUT2D eigenvalue weighted by Crippen LogP contribution is -2.43. The first-order valence-electron chi connectivity index (χ1n) is 6.95. The molecule has 0 aliphatic heterocycles. The molecule has 0 saturated heterocycles. The van der Waals surface area contributed by atoms with E-state index in [1.165, 1.54) is 0 Å². The predicted octanol–water partition coefficient (Wildman–Crippen LogP) is 2.49. The van der Waals surface area contributed by atoms with Crippen LogP contribution in [0.25, 0.3) is 0 Å². The molecular formula is C14H28N2O2. The molecule has 0 aliphatic rings. The van der Waals surface area contributed by atoms with E-state index in [4.69, 9.17) is 9.47 Å². The van der Waals surface area contributed by atoms with Gasteiger partial charge in [0, 0.05) is 6.61 Å². The maximum atomic E-state index is 9.24. The Labute approximate surface area is 112 Å². The molecule has 0 saturated carbocycles. The predicted molar refractivity (Wildman–Crippen MR) is 73.5 cm³/mol. The molecule has 4 heteroatoms. The SMILES string of the molecule is CCNC(C#N)(CC)CCCOCCOC(C)C. The highest BCUT2D eigenvalue weighted by molar-refractivity contribution is 5.05. The first kappa shape index (κ1) is 17.4. The van der Waals surface area contributed by atoms with Gasteiger partial charge in [0.05, 0.1) is 25.4 Å². The minimum absolute atomic E-state index is 0.258. The standard InChI is InChI=1S/C14H28N2O2/c1-5-14(12-15,16-6-2)8-7-9-17-10-11-18-13(3)4/h13,16H,5-11H2,1-4H3. The normalized spacial score (nSPS) is 14.4. The Morgan fingerprint density at radius 1 is 1.22 bits per heavy atom. The van der Waals surface area contributed by atoms with Crippen molar-refractivity contribution < 1.29 is 9.47 Å². The van der Waals surface area contributed by atoms with E-state index in [0.29, 0.717) is 19.8 Å². The summed E-state index contributed by atoms with van der Waals surface area (Å²) in [6.45, 7) is 10.9. The molecule has 0 heterocycles. The molecule has 0 radical (unpaired) electrons. The van der Waals surface area contributed by atoms with Crippen LogP contribution in [0.3, 0.4) is 0 Å². The van der Waals surface area contributed by atoms with Crippen molar-refractivity contribution in [3.8, 4) is 6.07 Å². The summed E-state index contributed by atoms with van der Waals surface area (Å²) < 4.78 is 10.9. The third-order valence-electron chi connectivity index (χ3n) is 2.90. The quantitative estimate of drug-likeness (QED) is 0.577. The highest BCUT2D eigenvalue weighted by atomic mass is 16.5. The van der Waals surface area contributed by atoms with E-state index in [0.717, 1.165) is 25.8 Å². The van der Waals surface area contributed by atoms with Crippen molar-refractivity contribution in [2.45, 2.75) is 58.6 Å². The summed E-state index contributed by atoms with van der Waals surface area (Å²) in [6.07, 6.45) is 2.82. The second-order valence-corrected chi connectivity index (χ2v) is 4.71. The minimum Gasteiger partial charge on any atom is -0.379 e. The van der Waals surface area contributed by atoms with Gasteiger partial charge in [-0.15, -0.1) is 0 Å². The van der Waals surface area contributed by atoms with E-state index >= 15 is 0 Å². The Hall–Kier alpha value is -0.630. The number of hydrogen-bond acceptors (Lipinski definition) is 4. The van der Waals surface area contributed by atoms with Crippen LogP contribution in [0.1, 0.15) is 47.0 Å². The molecule has 0 rings (SSSR count). The highest BCUT2D eigenvalue weighted by Gasteiger charge is 2.25. The van der Waals surface area contributed by atoms with Crippen molar-refractivity contribution in [1.82, 2.24) is 5.32 Å². The van der Waals surface area contributed by atoms with Gasteiger partial charge in [0.1, 0.15) is 5.54 Å². The lowest BCUT2D eigenvalue weighted by Gasteiger charge is -2.25. The molecule has 0 amide bonds. The van der Waals surface area contributed by atoms with E-state index in [1.807, 2.05) is 27.7 Å². The smallest absolute Gasteiger partial charge is 0.106 e. The first-order chi connectivity index (χ1) is 8.60. The average molecular weight is 256 g/mol. The van der Waals surface area contributed by atoms with Gasteiger partial charge in [-0.25, -0.2) is 0 Å². The summed E-state index contributed by atoms with van der Waals surface area (Å²) in [6, 6.07) is 2.39. The zero-order valence-electron chi connectivity index (χ0n) is 12.3. The van der Waals surface area contributed by atoms with Crippen LogP contribution in [-0.2, 0) is 9.47 Å². The van der Waals surface area contributed by atoms with Gasteiger partial charge in [-0.3, -0.25) is 5.32 Å². The molecule has 1 N–H and O–H groups in total. The average Bonchev–Trinajstić information content (AvgIpc) is 2.36. The Balaban J connectivity index is 3.65. The van der Waals surface area contributed by atoms with Crippen LogP contribution in [0.15, 0.2) is 0 Å². The summed E-state index contributed by atoms with van der Waals surface area (Å²) in [5.74, 6) is 0. The lowest BCUT2D eigenvalue weighted by atomic mass is 9.92. The molecule has 0 bridgehead atoms. The van der Waals surface area contributed by atoms with E-state index in [9.17, 15) is 5.26 Å². The van der Waals surface area contributed by atoms with Gasteiger partial charge in [-0.1, -0.05) is 13.8 Å². The van der Waals surface area contributed by atoms with Crippen LogP contribution in [0.4, 0.5) is 0 Å². The molecule has 0 aliphatic carbocycles. The molecule has 106 valence electrons. The van der Waals surface area contributed by atoms with Gasteiger partial charge < -0.3 is 9.47 Å². The molecular weight excluding hydrogens is 228 g/mol. The molecule has 18 heavy (non-hydrogen) atoms. The number of rotatable bonds is 11. The monoisotopic (exact) mass is 256 g/mol. The highest BCUT2D eigenvalue weighted by Crippen LogP contribution is 2.16. The third-order valence-corrected chi connectivity index (χ3v) is 2.90. The summed E-state index contributed by atoms with van der Waals surface area (Å²) in [7, 11) is 0. The van der Waals surface area contributed by atoms with E-state index in [-0.39, 0.29) is 11.6 Å². The summed E-state index contributed by atoms with van der Waals surface area (Å²) >= 11 is 0. The fourth-order valence-corrected chi connectivity index (χ4v) is 1.82. The van der Waals surface area contributed by atoms with E-state index < -0.39 is 0 Å². The summed E-state index contributed by atoms with van der Waals surface area (Å²) in [4.78, 5) is 0. The topological polar surface area (TPSA) is 54.3 Å². The van der Waals surface area contributed by atoms with Crippen molar-refractivity contribution >= 4 is 0 Å². The van der Waals surface area contributed by atoms with Gasteiger partial charge in [0.25, 0.3) is 0 Å². The van der Waals surface area contributed by atoms with Crippen LogP contribution >= 0.6 is 0 Å². The number of nitriles is 1. The first-order valence-corrected chi connectivity index (χ1v) is 6.95. The van der Waals surface area contributed by atoms with Crippen molar-refractivity contribution in [1.29, 1.82) is 5.26 Å². The number of nitrogens with zero attached hydrogens (tertiary/aromatic N) is 1. The largest absolute Gasteiger partial charge is 0.379 e. The summed E-state index contributed by atoms with van der Waals surface area (Å²) in [5.41, 5.74) is -0.382. The van der Waals surface area contributed by atoms with E-state index in [2.05, 4.69) is 11.4 Å². The van der Waals surface area contributed by atoms with Crippen LogP contribution < -0.4 is 5.32 Å². The Morgan fingerprint density at radius 3 is 2.44 bits per heavy atom. The number of nitrogens with one attached hydrogen (secondary N) is 1. The molecule has 0 aromatic heterocycles. The zero-order chi connectivity index (χ0) is 13.9. The minimum atomic E-state index is -0.382. The number of ether oxygens (including phenoxy) is 2. The van der Waals surface area contributed by atoms with E-state index in [1.54, 1.807) is 0 Å². The third kappa shape index (κ3) is 7.65. The van der Waals surface area contributed by atoms with Crippen molar-refractivity contribution in [3.05, 3.63) is 0 Å². The van der Waals surface area contributed by atoms with Crippen LogP contribution in [-0.4, -0.2) is 38.0 Å². The van der Waals surface area contributed by atoms with Gasteiger partial charge in [-0.2, -0.15) is 5.26 Å². The van der Waals surface area contributed by atoms with Gasteiger partial charge in [0.2, 0.25) is 0 Å². The Morgan fingerprint density at radius 2 is 1.94 bits per heavy atom. The summed E-state index contributed by atoms with van der Waals surface area (Å²) in [5, 5.41) is 12.5. The molecule has 4 nitrogen and oxygen atoms in total. The lowest BCUT2D eigenvalue weighted by molar-refractivity contribution is 0.0179. The van der Waals surface area contributed by atoms with Crippen molar-refractivity contribution in [2.24, 2.45) is 0 Å². The molecule has 0 aromatic carbocycles. The van der Waals surface area contributed by atoms with Crippen molar-refractivity contribution in [2.75, 3.05) is 26.4 Å². The molecule has 0 fully saturated rings. The molecule has 1 atom stereocenters. The van der Waals surface area contributed by atoms with Crippen LogP contribution in [0.5, 0.6) is 0 Å². The maximum Gasteiger partial charge on any atom is 0.106 e. The number of hydrogen-bond donors (Lipinski definition) is 1. The van der Waals surface area contributed by atoms with Crippen LogP contribution in [0, 0.1) is 11.3 Å². The van der Waals surface area contributed by atoms with Crippen LogP contribution in [0.2, 0.25) is 0 Å². The van der Waals surface area contributed by atoms with Crippen molar-refractivity contribution in [3.63, 3.8) is 0 Å². The molecule has 0 aromatic rings. The Bertz CT molecular complexity index is 238. The Kier molecular flexibility index (Phi) is 9.95. The zero-order valence-corrected chi connectivity index (χ0v) is 12.3. The second kappa shape index (κ2) is 10.3. The van der Waals surface area contributed by atoms with Gasteiger partial charge in [-0.05, 0) is 39.7 Å². The maximum absolute atomic E-state index is 9.24. The second-order valence-electron chi connectivity index (χ2n) is 4.71. The molecule has 1 unspecified atom stereocenters. The van der Waals surface area contributed by atoms with Gasteiger partial charge >= 0.3 is 0 Å². The van der Waals surface area contributed by atoms with Gasteiger partial charge in [0.15, 0.2) is 0 Å². The fraction of sp³-hybridized carbons (Fsp3) is 0.929. The molecule has 0 spiro atoms.